The molecule has 0 bridgehead atoms. The van der Waals surface area contributed by atoms with E-state index in [1.165, 1.54) is 6.07 Å². The third-order valence-corrected chi connectivity index (χ3v) is 5.73. The van der Waals surface area contributed by atoms with E-state index in [2.05, 4.69) is 51.1 Å². The molecule has 0 N–H and O–H groups in total. The van der Waals surface area contributed by atoms with Crippen molar-refractivity contribution in [2.24, 2.45) is 15.0 Å². The zero-order valence-electron chi connectivity index (χ0n) is 21.6. The Morgan fingerprint density at radius 2 is 1.77 bits per heavy atom. The lowest BCUT2D eigenvalue weighted by atomic mass is 10.0. The van der Waals surface area contributed by atoms with E-state index >= 15 is 0 Å². The molecule has 1 aliphatic heterocycles. The lowest BCUT2D eigenvalue weighted by Crippen LogP contribution is -2.46. The zero-order chi connectivity index (χ0) is 26.0. The van der Waals surface area contributed by atoms with Gasteiger partial charge in [-0.3, -0.25) is 14.9 Å². The number of aryl methyl sites for hydroxylation is 1. The summed E-state index contributed by atoms with van der Waals surface area (Å²) in [5.74, 6) is -1.27. The van der Waals surface area contributed by atoms with Gasteiger partial charge in [0.05, 0.1) is 11.9 Å². The number of aliphatic imine (C=N–C) groups is 3. The summed E-state index contributed by atoms with van der Waals surface area (Å²) in [6.07, 6.45) is 6.69. The molecule has 5 nitrogen and oxygen atoms in total. The van der Waals surface area contributed by atoms with Crippen LogP contribution in [0.2, 0.25) is 0 Å². The number of hydrogen-bond donors (Lipinski definition) is 0. The van der Waals surface area contributed by atoms with Gasteiger partial charge in [0.25, 0.3) is 0 Å². The molecular formula is C28H37F2N5. The Morgan fingerprint density at radius 1 is 1.11 bits per heavy atom. The van der Waals surface area contributed by atoms with Crippen LogP contribution in [-0.2, 0) is 0 Å². The van der Waals surface area contributed by atoms with Crippen molar-refractivity contribution in [2.45, 2.75) is 34.6 Å². The Labute approximate surface area is 208 Å². The molecule has 1 aromatic rings. The van der Waals surface area contributed by atoms with Gasteiger partial charge < -0.3 is 4.90 Å². The minimum atomic E-state index is -0.726. The predicted octanol–water partition coefficient (Wildman–Crippen LogP) is 6.20. The molecule has 0 saturated carbocycles. The molecule has 35 heavy (non-hydrogen) atoms. The van der Waals surface area contributed by atoms with Gasteiger partial charge in [-0.1, -0.05) is 25.7 Å². The quantitative estimate of drug-likeness (QED) is 0.295. The molecule has 1 saturated heterocycles. The molecule has 0 atom stereocenters. The topological polar surface area (TPSA) is 43.6 Å². The Hall–Kier alpha value is -3.03. The fourth-order valence-corrected chi connectivity index (χ4v) is 3.78. The number of likely N-dealkylation sites (N-methyl/N-ethyl adjacent to an activating group) is 1. The average Bonchev–Trinajstić information content (AvgIpc) is 2.82. The van der Waals surface area contributed by atoms with Crippen molar-refractivity contribution in [3.63, 3.8) is 0 Å². The molecule has 1 aromatic carbocycles. The average molecular weight is 482 g/mol. The zero-order valence-corrected chi connectivity index (χ0v) is 21.6. The van der Waals surface area contributed by atoms with Gasteiger partial charge in [0, 0.05) is 44.0 Å². The highest BCUT2D eigenvalue weighted by Crippen LogP contribution is 2.27. The number of piperazine rings is 1. The number of rotatable bonds is 10. The minimum Gasteiger partial charge on any atom is -0.301 e. The van der Waals surface area contributed by atoms with E-state index in [-0.39, 0.29) is 17.0 Å². The Morgan fingerprint density at radius 3 is 2.31 bits per heavy atom. The van der Waals surface area contributed by atoms with Crippen molar-refractivity contribution >= 4 is 23.8 Å². The third kappa shape index (κ3) is 8.60. The summed E-state index contributed by atoms with van der Waals surface area (Å²) in [5, 5.41) is 0. The number of allylic oxidation sites excluding steroid dienone is 3. The molecule has 1 fully saturated rings. The van der Waals surface area contributed by atoms with E-state index in [0.29, 0.717) is 11.3 Å². The van der Waals surface area contributed by atoms with Gasteiger partial charge in [-0.2, -0.15) is 0 Å². The monoisotopic (exact) mass is 481 g/mol. The van der Waals surface area contributed by atoms with E-state index in [1.807, 2.05) is 13.0 Å². The first-order valence-corrected chi connectivity index (χ1v) is 11.9. The first-order chi connectivity index (χ1) is 16.7. The Kier molecular flexibility index (Phi) is 11.1. The fraction of sp³-hybridized carbons (Fsp3) is 0.393. The molecule has 1 heterocycles. The first-order valence-electron chi connectivity index (χ1n) is 11.9. The molecule has 188 valence electrons. The second-order valence-electron chi connectivity index (χ2n) is 8.70. The van der Waals surface area contributed by atoms with Crippen LogP contribution in [0.5, 0.6) is 0 Å². The summed E-state index contributed by atoms with van der Waals surface area (Å²) in [4.78, 5) is 17.0. The number of halogens is 2. The molecule has 0 unspecified atom stereocenters. The second-order valence-corrected chi connectivity index (χ2v) is 8.70. The molecule has 1 aliphatic rings. The van der Waals surface area contributed by atoms with Crippen molar-refractivity contribution in [1.82, 2.24) is 9.80 Å². The van der Waals surface area contributed by atoms with E-state index in [9.17, 15) is 8.78 Å². The molecule has 7 heteroatoms. The maximum atomic E-state index is 14.9. The molecule has 0 amide bonds. The smallest absolute Gasteiger partial charge is 0.167 e. The predicted molar refractivity (Wildman–Crippen MR) is 145 cm³/mol. The van der Waals surface area contributed by atoms with Crippen LogP contribution in [0, 0.1) is 12.7 Å². The van der Waals surface area contributed by atoms with Crippen molar-refractivity contribution in [3.05, 3.63) is 77.2 Å². The maximum absolute atomic E-state index is 14.9. The van der Waals surface area contributed by atoms with Crippen LogP contribution in [0.1, 0.15) is 38.8 Å². The van der Waals surface area contributed by atoms with Crippen LogP contribution in [0.15, 0.2) is 75.2 Å². The Balaban J connectivity index is 2.27. The summed E-state index contributed by atoms with van der Waals surface area (Å²) < 4.78 is 29.7. The fourth-order valence-electron chi connectivity index (χ4n) is 3.78. The van der Waals surface area contributed by atoms with Gasteiger partial charge in [0.2, 0.25) is 0 Å². The highest BCUT2D eigenvalue weighted by atomic mass is 19.1. The van der Waals surface area contributed by atoms with Gasteiger partial charge in [-0.15, -0.1) is 0 Å². The number of nitrogens with zero attached hydrogens (tertiary/aromatic N) is 5. The van der Waals surface area contributed by atoms with Crippen molar-refractivity contribution in [3.8, 4) is 0 Å². The third-order valence-electron chi connectivity index (χ3n) is 5.73. The minimum absolute atomic E-state index is 0.0597. The Bertz CT molecular complexity index is 1040. The lowest BCUT2D eigenvalue weighted by Gasteiger charge is -2.34. The van der Waals surface area contributed by atoms with E-state index in [4.69, 9.17) is 0 Å². The van der Waals surface area contributed by atoms with Crippen LogP contribution in [0.4, 0.5) is 14.5 Å². The first kappa shape index (κ1) is 28.2. The van der Waals surface area contributed by atoms with Crippen molar-refractivity contribution in [1.29, 1.82) is 0 Å². The second kappa shape index (κ2) is 13.8. The van der Waals surface area contributed by atoms with Gasteiger partial charge in [0.15, 0.2) is 5.83 Å². The van der Waals surface area contributed by atoms with Gasteiger partial charge in [-0.05, 0) is 70.3 Å². The van der Waals surface area contributed by atoms with Gasteiger partial charge in [0.1, 0.15) is 17.2 Å². The number of hydrogen-bond acceptors (Lipinski definition) is 5. The van der Waals surface area contributed by atoms with E-state index in [1.54, 1.807) is 32.9 Å². The van der Waals surface area contributed by atoms with Crippen LogP contribution in [0.3, 0.4) is 0 Å². The molecule has 0 spiro atoms. The van der Waals surface area contributed by atoms with E-state index < -0.39 is 11.6 Å². The SMILES string of the molecule is C=N/C=C(F)\C(=N/C(=C)/C=C\C(=C/C)CN1CCN(CC)CC1)c1cc(C)c(N=C(C)C)c(F)c1. The highest BCUT2D eigenvalue weighted by Gasteiger charge is 2.17. The van der Waals surface area contributed by atoms with Crippen LogP contribution >= 0.6 is 0 Å². The molecule has 0 radical (unpaired) electrons. The summed E-state index contributed by atoms with van der Waals surface area (Å²) in [6.45, 7) is 22.8. The molecular weight excluding hydrogens is 444 g/mol. The summed E-state index contributed by atoms with van der Waals surface area (Å²) in [7, 11) is 0. The molecule has 0 aromatic heterocycles. The van der Waals surface area contributed by atoms with Crippen molar-refractivity contribution in [2.75, 3.05) is 39.3 Å². The van der Waals surface area contributed by atoms with Gasteiger partial charge >= 0.3 is 0 Å². The standard InChI is InChI=1S/C28H37F2N5/c1-8-23(19-35-14-12-34(9-2)13-15-35)11-10-22(6)33-28(26(30)18-31-7)24-16-21(5)27(25(29)17-24)32-20(3)4/h8,10-11,16-18H,6-7,9,12-15,19H2,1-5H3/b11-10-,23-8+,26-18+,33-28-. The largest absolute Gasteiger partial charge is 0.301 e. The van der Waals surface area contributed by atoms with Gasteiger partial charge in [-0.25, -0.2) is 13.8 Å². The molecule has 2 rings (SSSR count). The molecule has 0 aliphatic carbocycles. The van der Waals surface area contributed by atoms with Crippen molar-refractivity contribution < 1.29 is 8.78 Å². The summed E-state index contributed by atoms with van der Waals surface area (Å²) in [5.41, 5.74) is 3.21. The van der Waals surface area contributed by atoms with Crippen LogP contribution in [0.25, 0.3) is 0 Å². The summed E-state index contributed by atoms with van der Waals surface area (Å²) in [6, 6.07) is 2.89. The van der Waals surface area contributed by atoms with E-state index in [0.717, 1.165) is 56.8 Å². The van der Waals surface area contributed by atoms with Crippen LogP contribution < -0.4 is 0 Å². The van der Waals surface area contributed by atoms with Crippen LogP contribution in [-0.4, -0.2) is 67.2 Å². The normalized spacial score (nSPS) is 16.6. The summed E-state index contributed by atoms with van der Waals surface area (Å²) >= 11 is 0. The lowest BCUT2D eigenvalue weighted by molar-refractivity contribution is 0.146. The highest BCUT2D eigenvalue weighted by molar-refractivity contribution is 6.12. The maximum Gasteiger partial charge on any atom is 0.167 e. The number of benzene rings is 1.